The van der Waals surface area contributed by atoms with Crippen molar-refractivity contribution in [3.8, 4) is 0 Å². The van der Waals surface area contributed by atoms with E-state index in [4.69, 9.17) is 9.52 Å². The molecule has 0 atom stereocenters. The Morgan fingerprint density at radius 1 is 1.47 bits per heavy atom. The van der Waals surface area contributed by atoms with Gasteiger partial charge in [-0.25, -0.2) is 4.68 Å². The number of hydrogen-bond donors (Lipinski definition) is 2. The van der Waals surface area contributed by atoms with Gasteiger partial charge in [0.1, 0.15) is 12.2 Å². The SMILES string of the molecule is O=C(Cn1cc(CO)nn1)Nc1nnc(C2CC2)o1. The second-order valence-corrected chi connectivity index (χ2v) is 4.33. The van der Waals surface area contributed by atoms with Gasteiger partial charge in [-0.1, -0.05) is 10.3 Å². The number of amides is 1. The van der Waals surface area contributed by atoms with Crippen LogP contribution in [0.5, 0.6) is 0 Å². The standard InChI is InChI=1S/C10H12N6O3/c17-5-7-3-16(15-12-7)4-8(18)11-10-14-13-9(19-10)6-1-2-6/h3,6,17H,1-2,4-5H2,(H,11,14,18). The minimum atomic E-state index is -0.347. The largest absolute Gasteiger partial charge is 0.408 e. The highest BCUT2D eigenvalue weighted by molar-refractivity contribution is 5.88. The van der Waals surface area contributed by atoms with E-state index in [0.29, 0.717) is 17.5 Å². The molecule has 2 N–H and O–H groups in total. The van der Waals surface area contributed by atoms with Crippen molar-refractivity contribution in [1.82, 2.24) is 25.2 Å². The van der Waals surface area contributed by atoms with Crippen molar-refractivity contribution in [2.45, 2.75) is 31.9 Å². The Labute approximate surface area is 107 Å². The molecule has 9 heteroatoms. The third kappa shape index (κ3) is 2.76. The lowest BCUT2D eigenvalue weighted by Gasteiger charge is -1.99. The van der Waals surface area contributed by atoms with E-state index in [1.54, 1.807) is 0 Å². The topological polar surface area (TPSA) is 119 Å². The lowest BCUT2D eigenvalue weighted by Crippen LogP contribution is -2.19. The Kier molecular flexibility index (Phi) is 2.95. The van der Waals surface area contributed by atoms with Crippen molar-refractivity contribution in [3.63, 3.8) is 0 Å². The van der Waals surface area contributed by atoms with Crippen LogP contribution in [0.1, 0.15) is 30.3 Å². The fourth-order valence-electron chi connectivity index (χ4n) is 1.57. The highest BCUT2D eigenvalue weighted by Gasteiger charge is 2.29. The van der Waals surface area contributed by atoms with Crippen molar-refractivity contribution < 1.29 is 14.3 Å². The molecule has 0 spiro atoms. The molecular weight excluding hydrogens is 252 g/mol. The minimum absolute atomic E-state index is 0.0336. The van der Waals surface area contributed by atoms with E-state index in [1.165, 1.54) is 10.9 Å². The van der Waals surface area contributed by atoms with Gasteiger partial charge in [0.05, 0.1) is 12.8 Å². The average Bonchev–Trinajstić information content (AvgIpc) is 2.98. The van der Waals surface area contributed by atoms with Crippen LogP contribution in [0.4, 0.5) is 6.01 Å². The van der Waals surface area contributed by atoms with Gasteiger partial charge in [0.2, 0.25) is 11.8 Å². The number of rotatable bonds is 5. The van der Waals surface area contributed by atoms with Gasteiger partial charge in [-0.3, -0.25) is 10.1 Å². The van der Waals surface area contributed by atoms with Gasteiger partial charge in [0.15, 0.2) is 0 Å². The molecular formula is C10H12N6O3. The Hall–Kier alpha value is -2.29. The quantitative estimate of drug-likeness (QED) is 0.758. The summed E-state index contributed by atoms with van der Waals surface area (Å²) in [5, 5.41) is 26.3. The Bertz CT molecular complexity index is 588. The Balaban J connectivity index is 1.57. The first-order valence-electron chi connectivity index (χ1n) is 5.87. The summed E-state index contributed by atoms with van der Waals surface area (Å²) in [6.45, 7) is -0.246. The van der Waals surface area contributed by atoms with Crippen molar-refractivity contribution >= 4 is 11.9 Å². The first-order chi connectivity index (χ1) is 9.24. The molecule has 1 saturated carbocycles. The van der Waals surface area contributed by atoms with E-state index in [0.717, 1.165) is 12.8 Å². The van der Waals surface area contributed by atoms with Crippen LogP contribution in [0.2, 0.25) is 0 Å². The third-order valence-electron chi connectivity index (χ3n) is 2.67. The molecule has 1 aliphatic carbocycles. The maximum Gasteiger partial charge on any atom is 0.322 e. The zero-order chi connectivity index (χ0) is 13.2. The second-order valence-electron chi connectivity index (χ2n) is 4.33. The molecule has 1 fully saturated rings. The van der Waals surface area contributed by atoms with Crippen molar-refractivity contribution in [3.05, 3.63) is 17.8 Å². The van der Waals surface area contributed by atoms with Crippen molar-refractivity contribution in [2.75, 3.05) is 5.32 Å². The highest BCUT2D eigenvalue weighted by Crippen LogP contribution is 2.39. The summed E-state index contributed by atoms with van der Waals surface area (Å²) >= 11 is 0. The van der Waals surface area contributed by atoms with E-state index >= 15 is 0 Å². The lowest BCUT2D eigenvalue weighted by molar-refractivity contribution is -0.117. The molecule has 2 aromatic rings. The van der Waals surface area contributed by atoms with Crippen LogP contribution in [0.3, 0.4) is 0 Å². The molecule has 3 rings (SSSR count). The van der Waals surface area contributed by atoms with Crippen molar-refractivity contribution in [2.24, 2.45) is 0 Å². The number of aromatic nitrogens is 5. The third-order valence-corrected chi connectivity index (χ3v) is 2.67. The molecule has 9 nitrogen and oxygen atoms in total. The molecule has 0 unspecified atom stereocenters. The molecule has 2 aromatic heterocycles. The number of nitrogens with one attached hydrogen (secondary N) is 1. The molecule has 0 saturated heterocycles. The van der Waals surface area contributed by atoms with Crippen LogP contribution < -0.4 is 5.32 Å². The number of carbonyl (C=O) groups excluding carboxylic acids is 1. The molecule has 0 radical (unpaired) electrons. The van der Waals surface area contributed by atoms with Gasteiger partial charge in [-0.2, -0.15) is 0 Å². The molecule has 100 valence electrons. The van der Waals surface area contributed by atoms with E-state index in [-0.39, 0.29) is 25.1 Å². The number of hydrogen-bond acceptors (Lipinski definition) is 7. The van der Waals surface area contributed by atoms with Crippen LogP contribution in [0, 0.1) is 0 Å². The first kappa shape index (κ1) is 11.8. The smallest absolute Gasteiger partial charge is 0.322 e. The number of aliphatic hydroxyl groups excluding tert-OH is 1. The predicted molar refractivity (Wildman–Crippen MR) is 60.8 cm³/mol. The van der Waals surface area contributed by atoms with Gasteiger partial charge in [0, 0.05) is 5.92 Å². The van der Waals surface area contributed by atoms with E-state index in [1.807, 2.05) is 0 Å². The monoisotopic (exact) mass is 264 g/mol. The molecule has 2 heterocycles. The summed E-state index contributed by atoms with van der Waals surface area (Å²) in [6.07, 6.45) is 3.60. The molecule has 0 bridgehead atoms. The van der Waals surface area contributed by atoms with Crippen LogP contribution in [0.15, 0.2) is 10.6 Å². The summed E-state index contributed by atoms with van der Waals surface area (Å²) in [4.78, 5) is 11.7. The van der Waals surface area contributed by atoms with Gasteiger partial charge in [-0.05, 0) is 12.8 Å². The lowest BCUT2D eigenvalue weighted by atomic mass is 10.4. The second kappa shape index (κ2) is 4.76. The summed E-state index contributed by atoms with van der Waals surface area (Å²) < 4.78 is 6.62. The van der Waals surface area contributed by atoms with Gasteiger partial charge < -0.3 is 9.52 Å². The normalized spacial score (nSPS) is 14.6. The molecule has 0 aromatic carbocycles. The van der Waals surface area contributed by atoms with Crippen LogP contribution in [-0.4, -0.2) is 36.2 Å². The fourth-order valence-corrected chi connectivity index (χ4v) is 1.57. The number of anilines is 1. The van der Waals surface area contributed by atoms with Crippen molar-refractivity contribution in [1.29, 1.82) is 0 Å². The average molecular weight is 264 g/mol. The summed E-state index contributed by atoms with van der Waals surface area (Å²) in [6, 6.07) is 0.0920. The summed E-state index contributed by atoms with van der Waals surface area (Å²) in [5.41, 5.74) is 0.404. The van der Waals surface area contributed by atoms with Gasteiger partial charge in [-0.15, -0.1) is 10.2 Å². The molecule has 1 amide bonds. The Morgan fingerprint density at radius 3 is 3.00 bits per heavy atom. The fraction of sp³-hybridized carbons (Fsp3) is 0.500. The van der Waals surface area contributed by atoms with E-state index in [2.05, 4.69) is 25.8 Å². The molecule has 1 aliphatic rings. The minimum Gasteiger partial charge on any atom is -0.408 e. The molecule has 19 heavy (non-hydrogen) atoms. The van der Waals surface area contributed by atoms with Gasteiger partial charge in [0.25, 0.3) is 0 Å². The maximum absolute atomic E-state index is 11.7. The van der Waals surface area contributed by atoms with Crippen LogP contribution in [-0.2, 0) is 17.9 Å². The number of aliphatic hydroxyl groups is 1. The first-order valence-corrected chi connectivity index (χ1v) is 5.87. The zero-order valence-corrected chi connectivity index (χ0v) is 9.98. The van der Waals surface area contributed by atoms with E-state index < -0.39 is 0 Å². The summed E-state index contributed by atoms with van der Waals surface area (Å²) in [5.74, 6) is 0.569. The van der Waals surface area contributed by atoms with Crippen LogP contribution in [0.25, 0.3) is 0 Å². The molecule has 0 aliphatic heterocycles. The highest BCUT2D eigenvalue weighted by atomic mass is 16.4. The van der Waals surface area contributed by atoms with Gasteiger partial charge >= 0.3 is 6.01 Å². The Morgan fingerprint density at radius 2 is 2.32 bits per heavy atom. The zero-order valence-electron chi connectivity index (χ0n) is 9.98. The van der Waals surface area contributed by atoms with Crippen LogP contribution >= 0.6 is 0 Å². The number of carbonyl (C=O) groups is 1. The predicted octanol–water partition coefficient (Wildman–Crippen LogP) is -0.331. The summed E-state index contributed by atoms with van der Waals surface area (Å²) in [7, 11) is 0. The maximum atomic E-state index is 11.7. The number of nitrogens with zero attached hydrogens (tertiary/aromatic N) is 5. The van der Waals surface area contributed by atoms with E-state index in [9.17, 15) is 4.79 Å².